The molecule has 4 heteroatoms. The second kappa shape index (κ2) is 5.02. The predicted octanol–water partition coefficient (Wildman–Crippen LogP) is 2.50. The molecule has 2 aliphatic heterocycles. The van der Waals surface area contributed by atoms with Gasteiger partial charge in [0.2, 0.25) is 5.91 Å². The number of ether oxygens (including phenoxy) is 1. The zero-order valence-electron chi connectivity index (χ0n) is 13.0. The van der Waals surface area contributed by atoms with Crippen LogP contribution in [0.15, 0.2) is 12.1 Å². The third-order valence-electron chi connectivity index (χ3n) is 5.00. The number of piperidine rings is 1. The zero-order chi connectivity index (χ0) is 15.2. The van der Waals surface area contributed by atoms with E-state index < -0.39 is 6.10 Å². The van der Waals surface area contributed by atoms with Crippen molar-refractivity contribution < 1.29 is 14.6 Å². The van der Waals surface area contributed by atoms with Crippen molar-refractivity contribution >= 4 is 5.91 Å². The van der Waals surface area contributed by atoms with E-state index >= 15 is 0 Å². The summed E-state index contributed by atoms with van der Waals surface area (Å²) < 4.78 is 6.30. The minimum atomic E-state index is -0.475. The summed E-state index contributed by atoms with van der Waals surface area (Å²) in [5.74, 6) is 0.932. The second-order valence-electron chi connectivity index (χ2n) is 6.49. The first-order valence-corrected chi connectivity index (χ1v) is 7.64. The lowest BCUT2D eigenvalue weighted by atomic mass is 9.81. The highest BCUT2D eigenvalue weighted by molar-refractivity contribution is 5.73. The van der Waals surface area contributed by atoms with E-state index in [1.54, 1.807) is 6.92 Å². The first-order chi connectivity index (χ1) is 9.90. The van der Waals surface area contributed by atoms with E-state index in [1.165, 1.54) is 11.1 Å². The monoisotopic (exact) mass is 289 g/mol. The van der Waals surface area contributed by atoms with Crippen LogP contribution in [0.2, 0.25) is 0 Å². The van der Waals surface area contributed by atoms with Gasteiger partial charge in [0, 0.05) is 44.8 Å². The van der Waals surface area contributed by atoms with E-state index in [0.29, 0.717) is 19.5 Å². The van der Waals surface area contributed by atoms with Crippen LogP contribution in [0.3, 0.4) is 0 Å². The third kappa shape index (κ3) is 2.53. The van der Waals surface area contributed by atoms with Gasteiger partial charge in [0.05, 0.1) is 6.10 Å². The van der Waals surface area contributed by atoms with Gasteiger partial charge in [0.25, 0.3) is 0 Å². The van der Waals surface area contributed by atoms with Crippen molar-refractivity contribution in [3.05, 3.63) is 28.8 Å². The molecule has 1 aromatic carbocycles. The van der Waals surface area contributed by atoms with E-state index in [2.05, 4.69) is 13.8 Å². The Bertz CT molecular complexity index is 574. The molecule has 114 valence electrons. The van der Waals surface area contributed by atoms with Crippen molar-refractivity contribution in [2.24, 2.45) is 0 Å². The molecule has 2 aliphatic rings. The number of amides is 1. The number of benzene rings is 1. The summed E-state index contributed by atoms with van der Waals surface area (Å²) in [5, 5.41) is 10.5. The topological polar surface area (TPSA) is 49.8 Å². The normalized spacial score (nSPS) is 23.6. The van der Waals surface area contributed by atoms with Gasteiger partial charge in [-0.2, -0.15) is 0 Å². The zero-order valence-corrected chi connectivity index (χ0v) is 13.0. The quantitative estimate of drug-likeness (QED) is 0.798. The van der Waals surface area contributed by atoms with Crippen molar-refractivity contribution in [2.45, 2.75) is 51.7 Å². The standard InChI is InChI=1S/C17H23NO3/c1-11-8-14-15(20)10-17(21-16(14)9-12(11)2)4-6-18(7-5-17)13(3)19/h8-9,15,20H,4-7,10H2,1-3H3/t15-/m0/s1. The molecule has 1 fully saturated rings. The molecule has 1 N–H and O–H groups in total. The van der Waals surface area contributed by atoms with Crippen molar-refractivity contribution in [2.75, 3.05) is 13.1 Å². The van der Waals surface area contributed by atoms with Crippen LogP contribution in [0.4, 0.5) is 0 Å². The molecule has 1 amide bonds. The summed E-state index contributed by atoms with van der Waals surface area (Å²) in [6, 6.07) is 4.07. The summed E-state index contributed by atoms with van der Waals surface area (Å²) in [7, 11) is 0. The Morgan fingerprint density at radius 2 is 1.90 bits per heavy atom. The van der Waals surface area contributed by atoms with Crippen LogP contribution in [-0.2, 0) is 4.79 Å². The maximum Gasteiger partial charge on any atom is 0.219 e. The molecule has 0 radical (unpaired) electrons. The van der Waals surface area contributed by atoms with Gasteiger partial charge in [-0.3, -0.25) is 4.79 Å². The first kappa shape index (κ1) is 14.4. The molecular formula is C17H23NO3. The Kier molecular flexibility index (Phi) is 3.44. The van der Waals surface area contributed by atoms with Crippen LogP contribution in [0.5, 0.6) is 5.75 Å². The lowest BCUT2D eigenvalue weighted by molar-refractivity contribution is -0.133. The number of aliphatic hydroxyl groups is 1. The molecule has 0 aromatic heterocycles. The number of carbonyl (C=O) groups excluding carboxylic acids is 1. The minimum absolute atomic E-state index is 0.119. The Balaban J connectivity index is 1.85. The van der Waals surface area contributed by atoms with Crippen molar-refractivity contribution in [1.29, 1.82) is 0 Å². The molecule has 2 heterocycles. The molecule has 0 aliphatic carbocycles. The number of nitrogens with zero attached hydrogens (tertiary/aromatic N) is 1. The number of rotatable bonds is 0. The number of likely N-dealkylation sites (tertiary alicyclic amines) is 1. The Morgan fingerprint density at radius 1 is 1.29 bits per heavy atom. The van der Waals surface area contributed by atoms with Crippen molar-refractivity contribution in [3.63, 3.8) is 0 Å². The molecule has 0 unspecified atom stereocenters. The summed E-state index contributed by atoms with van der Waals surface area (Å²) >= 11 is 0. The summed E-state index contributed by atoms with van der Waals surface area (Å²) in [5.41, 5.74) is 2.94. The van der Waals surface area contributed by atoms with E-state index in [0.717, 1.165) is 24.2 Å². The molecular weight excluding hydrogens is 266 g/mol. The number of aryl methyl sites for hydroxylation is 2. The molecule has 3 rings (SSSR count). The smallest absolute Gasteiger partial charge is 0.219 e. The molecule has 0 bridgehead atoms. The van der Waals surface area contributed by atoms with E-state index in [9.17, 15) is 9.90 Å². The average molecular weight is 289 g/mol. The van der Waals surface area contributed by atoms with Crippen LogP contribution in [0.25, 0.3) is 0 Å². The lowest BCUT2D eigenvalue weighted by Crippen LogP contribution is -2.51. The van der Waals surface area contributed by atoms with Gasteiger partial charge >= 0.3 is 0 Å². The van der Waals surface area contributed by atoms with Gasteiger partial charge in [0.15, 0.2) is 0 Å². The Morgan fingerprint density at radius 3 is 2.52 bits per heavy atom. The van der Waals surface area contributed by atoms with Crippen LogP contribution in [0, 0.1) is 13.8 Å². The molecule has 1 spiro atoms. The van der Waals surface area contributed by atoms with Crippen LogP contribution in [0.1, 0.15) is 49.0 Å². The highest BCUT2D eigenvalue weighted by atomic mass is 16.5. The van der Waals surface area contributed by atoms with Gasteiger partial charge in [0.1, 0.15) is 11.4 Å². The largest absolute Gasteiger partial charge is 0.487 e. The van der Waals surface area contributed by atoms with Crippen LogP contribution >= 0.6 is 0 Å². The maximum atomic E-state index is 11.5. The highest BCUT2D eigenvalue weighted by Gasteiger charge is 2.43. The number of fused-ring (bicyclic) bond motifs is 1. The second-order valence-corrected chi connectivity index (χ2v) is 6.49. The molecule has 21 heavy (non-hydrogen) atoms. The Labute approximate surface area is 125 Å². The lowest BCUT2D eigenvalue weighted by Gasteiger charge is -2.46. The highest BCUT2D eigenvalue weighted by Crippen LogP contribution is 2.45. The minimum Gasteiger partial charge on any atom is -0.487 e. The number of hydrogen-bond donors (Lipinski definition) is 1. The maximum absolute atomic E-state index is 11.5. The van der Waals surface area contributed by atoms with Gasteiger partial charge in [-0.1, -0.05) is 0 Å². The fourth-order valence-electron chi connectivity index (χ4n) is 3.43. The molecule has 1 atom stereocenters. The summed E-state index contributed by atoms with van der Waals surface area (Å²) in [6.07, 6.45) is 1.72. The Hall–Kier alpha value is -1.55. The fourth-order valence-corrected chi connectivity index (χ4v) is 3.43. The number of aliphatic hydroxyl groups excluding tert-OH is 1. The summed E-state index contributed by atoms with van der Waals surface area (Å²) in [4.78, 5) is 13.3. The van der Waals surface area contributed by atoms with E-state index in [-0.39, 0.29) is 11.5 Å². The molecule has 4 nitrogen and oxygen atoms in total. The van der Waals surface area contributed by atoms with Crippen molar-refractivity contribution in [3.8, 4) is 5.75 Å². The van der Waals surface area contributed by atoms with Gasteiger partial charge < -0.3 is 14.7 Å². The van der Waals surface area contributed by atoms with Gasteiger partial charge in [-0.15, -0.1) is 0 Å². The SMILES string of the molecule is CC(=O)N1CCC2(CC1)C[C@H](O)c1cc(C)c(C)cc1O2. The molecule has 1 saturated heterocycles. The van der Waals surface area contributed by atoms with E-state index in [1.807, 2.05) is 17.0 Å². The van der Waals surface area contributed by atoms with Crippen LogP contribution in [-0.4, -0.2) is 34.6 Å². The first-order valence-electron chi connectivity index (χ1n) is 7.64. The number of carbonyl (C=O) groups is 1. The number of hydrogen-bond acceptors (Lipinski definition) is 3. The van der Waals surface area contributed by atoms with Gasteiger partial charge in [-0.25, -0.2) is 0 Å². The molecule has 1 aromatic rings. The predicted molar refractivity (Wildman–Crippen MR) is 80.3 cm³/mol. The third-order valence-corrected chi connectivity index (χ3v) is 5.00. The van der Waals surface area contributed by atoms with Crippen LogP contribution < -0.4 is 4.74 Å². The van der Waals surface area contributed by atoms with Gasteiger partial charge in [-0.05, 0) is 37.1 Å². The molecule has 0 saturated carbocycles. The summed E-state index contributed by atoms with van der Waals surface area (Å²) in [6.45, 7) is 7.14. The fraction of sp³-hybridized carbons (Fsp3) is 0.588. The van der Waals surface area contributed by atoms with E-state index in [4.69, 9.17) is 4.74 Å². The van der Waals surface area contributed by atoms with Crippen molar-refractivity contribution in [1.82, 2.24) is 4.90 Å². The average Bonchev–Trinajstić information content (AvgIpc) is 2.42.